The second-order valence-electron chi connectivity index (χ2n) is 3.14. The molecule has 0 aromatic rings. The average Bonchev–Trinajstić information content (AvgIpc) is 2.17. The van der Waals surface area contributed by atoms with Crippen LogP contribution in [-0.2, 0) is 19.1 Å². The van der Waals surface area contributed by atoms with E-state index in [0.29, 0.717) is 0 Å². The van der Waals surface area contributed by atoms with Crippen molar-refractivity contribution >= 4 is 11.9 Å². The molecule has 0 radical (unpaired) electrons. The largest absolute Gasteiger partial charge is 0.468 e. The van der Waals surface area contributed by atoms with Gasteiger partial charge in [-0.3, -0.25) is 9.59 Å². The summed E-state index contributed by atoms with van der Waals surface area (Å²) in [7, 11) is 1.27. The zero-order valence-electron chi connectivity index (χ0n) is 9.20. The smallest absolute Gasteiger partial charge is 0.320 e. The standard InChI is InChI=1S/C10H18O4/c1-5-7(3)8(9(11)13-4)10(12)14-6-2/h7-8H,5-6H2,1-4H3/t7-,8-/m1/s1. The molecule has 0 aliphatic carbocycles. The molecule has 0 aliphatic heterocycles. The molecule has 0 saturated heterocycles. The minimum Gasteiger partial charge on any atom is -0.468 e. The molecule has 0 aromatic heterocycles. The summed E-state index contributed by atoms with van der Waals surface area (Å²) < 4.78 is 9.37. The van der Waals surface area contributed by atoms with Crippen LogP contribution in [0.5, 0.6) is 0 Å². The van der Waals surface area contributed by atoms with E-state index in [1.54, 1.807) is 6.92 Å². The van der Waals surface area contributed by atoms with Gasteiger partial charge >= 0.3 is 11.9 Å². The minimum atomic E-state index is -0.787. The van der Waals surface area contributed by atoms with Crippen molar-refractivity contribution in [3.05, 3.63) is 0 Å². The predicted octanol–water partition coefficient (Wildman–Crippen LogP) is 1.38. The summed E-state index contributed by atoms with van der Waals surface area (Å²) in [4.78, 5) is 22.7. The van der Waals surface area contributed by atoms with E-state index in [1.165, 1.54) is 7.11 Å². The second kappa shape index (κ2) is 6.40. The molecule has 4 nitrogen and oxygen atoms in total. The van der Waals surface area contributed by atoms with Crippen LogP contribution in [0.1, 0.15) is 27.2 Å². The van der Waals surface area contributed by atoms with Crippen LogP contribution in [0.25, 0.3) is 0 Å². The van der Waals surface area contributed by atoms with Crippen molar-refractivity contribution in [1.82, 2.24) is 0 Å². The number of esters is 2. The van der Waals surface area contributed by atoms with Gasteiger partial charge in [-0.25, -0.2) is 0 Å². The monoisotopic (exact) mass is 202 g/mol. The topological polar surface area (TPSA) is 52.6 Å². The number of hydrogen-bond donors (Lipinski definition) is 0. The van der Waals surface area contributed by atoms with Gasteiger partial charge in [-0.15, -0.1) is 0 Å². The van der Waals surface area contributed by atoms with Gasteiger partial charge in [0.2, 0.25) is 0 Å². The van der Waals surface area contributed by atoms with E-state index in [-0.39, 0.29) is 12.5 Å². The highest BCUT2D eigenvalue weighted by Crippen LogP contribution is 2.18. The molecule has 0 unspecified atom stereocenters. The lowest BCUT2D eigenvalue weighted by molar-refractivity contribution is -0.162. The number of carbonyl (C=O) groups is 2. The van der Waals surface area contributed by atoms with Gasteiger partial charge in [-0.05, 0) is 12.8 Å². The summed E-state index contributed by atoms with van der Waals surface area (Å²) >= 11 is 0. The average molecular weight is 202 g/mol. The van der Waals surface area contributed by atoms with E-state index in [2.05, 4.69) is 4.74 Å². The third-order valence-corrected chi connectivity index (χ3v) is 2.21. The van der Waals surface area contributed by atoms with Crippen molar-refractivity contribution in [2.45, 2.75) is 27.2 Å². The first-order valence-corrected chi connectivity index (χ1v) is 4.82. The van der Waals surface area contributed by atoms with Crippen molar-refractivity contribution in [3.8, 4) is 0 Å². The Hall–Kier alpha value is -1.06. The van der Waals surface area contributed by atoms with Crippen LogP contribution in [0.4, 0.5) is 0 Å². The Morgan fingerprint density at radius 1 is 1.21 bits per heavy atom. The van der Waals surface area contributed by atoms with Gasteiger partial charge < -0.3 is 9.47 Å². The highest BCUT2D eigenvalue weighted by atomic mass is 16.5. The molecular weight excluding hydrogens is 184 g/mol. The maximum Gasteiger partial charge on any atom is 0.320 e. The van der Waals surface area contributed by atoms with Crippen LogP contribution < -0.4 is 0 Å². The zero-order chi connectivity index (χ0) is 11.1. The highest BCUT2D eigenvalue weighted by molar-refractivity contribution is 5.95. The van der Waals surface area contributed by atoms with Gasteiger partial charge in [-0.1, -0.05) is 20.3 Å². The minimum absolute atomic E-state index is 0.0542. The number of ether oxygens (including phenoxy) is 2. The van der Waals surface area contributed by atoms with Crippen molar-refractivity contribution in [1.29, 1.82) is 0 Å². The molecule has 0 fully saturated rings. The normalized spacial score (nSPS) is 14.3. The van der Waals surface area contributed by atoms with E-state index in [4.69, 9.17) is 4.74 Å². The van der Waals surface area contributed by atoms with Crippen LogP contribution in [-0.4, -0.2) is 25.7 Å². The number of rotatable bonds is 5. The first kappa shape index (κ1) is 12.9. The number of hydrogen-bond acceptors (Lipinski definition) is 4. The first-order valence-electron chi connectivity index (χ1n) is 4.82. The van der Waals surface area contributed by atoms with Crippen molar-refractivity contribution < 1.29 is 19.1 Å². The lowest BCUT2D eigenvalue weighted by atomic mass is 9.92. The third kappa shape index (κ3) is 3.36. The molecule has 82 valence electrons. The van der Waals surface area contributed by atoms with Gasteiger partial charge in [0.15, 0.2) is 5.92 Å². The van der Waals surface area contributed by atoms with Gasteiger partial charge in [0.1, 0.15) is 0 Å². The molecule has 4 heteroatoms. The SMILES string of the molecule is CCOC(=O)[C@@H](C(=O)OC)[C@H](C)CC. The Morgan fingerprint density at radius 3 is 2.14 bits per heavy atom. The third-order valence-electron chi connectivity index (χ3n) is 2.21. The summed E-state index contributed by atoms with van der Waals surface area (Å²) in [5.41, 5.74) is 0. The van der Waals surface area contributed by atoms with Crippen molar-refractivity contribution in [2.24, 2.45) is 11.8 Å². The molecule has 0 spiro atoms. The summed E-state index contributed by atoms with van der Waals surface area (Å²) in [5.74, 6) is -1.85. The lowest BCUT2D eigenvalue weighted by Crippen LogP contribution is -2.32. The predicted molar refractivity (Wildman–Crippen MR) is 51.6 cm³/mol. The molecule has 0 rings (SSSR count). The zero-order valence-corrected chi connectivity index (χ0v) is 9.20. The molecule has 0 amide bonds. The summed E-state index contributed by atoms with van der Waals surface area (Å²) in [6.07, 6.45) is 0.735. The van der Waals surface area contributed by atoms with Crippen molar-refractivity contribution in [3.63, 3.8) is 0 Å². The molecule has 0 aliphatic rings. The van der Waals surface area contributed by atoms with E-state index >= 15 is 0 Å². The quantitative estimate of drug-likeness (QED) is 0.499. The van der Waals surface area contributed by atoms with E-state index in [9.17, 15) is 9.59 Å². The maximum absolute atomic E-state index is 11.4. The summed E-state index contributed by atoms with van der Waals surface area (Å²) in [6.45, 7) is 5.74. The molecule has 0 saturated carbocycles. The van der Waals surface area contributed by atoms with Gasteiger partial charge in [-0.2, -0.15) is 0 Å². The fourth-order valence-electron chi connectivity index (χ4n) is 1.16. The lowest BCUT2D eigenvalue weighted by Gasteiger charge is -2.18. The molecule has 0 bridgehead atoms. The van der Waals surface area contributed by atoms with Crippen molar-refractivity contribution in [2.75, 3.05) is 13.7 Å². The molecule has 2 atom stereocenters. The van der Waals surface area contributed by atoms with Gasteiger partial charge in [0, 0.05) is 0 Å². The summed E-state index contributed by atoms with van der Waals surface area (Å²) in [6, 6.07) is 0. The van der Waals surface area contributed by atoms with Gasteiger partial charge in [0.25, 0.3) is 0 Å². The molecule has 0 N–H and O–H groups in total. The highest BCUT2D eigenvalue weighted by Gasteiger charge is 2.33. The van der Waals surface area contributed by atoms with Crippen LogP contribution in [0.3, 0.4) is 0 Å². The fourth-order valence-corrected chi connectivity index (χ4v) is 1.16. The Bertz CT molecular complexity index is 200. The maximum atomic E-state index is 11.4. The Kier molecular flexibility index (Phi) is 5.92. The fraction of sp³-hybridized carbons (Fsp3) is 0.800. The Labute approximate surface area is 84.6 Å². The number of methoxy groups -OCH3 is 1. The van der Waals surface area contributed by atoms with E-state index in [0.717, 1.165) is 6.42 Å². The Morgan fingerprint density at radius 2 is 1.79 bits per heavy atom. The van der Waals surface area contributed by atoms with Crippen LogP contribution in [0.2, 0.25) is 0 Å². The molecule has 0 aromatic carbocycles. The van der Waals surface area contributed by atoms with E-state index < -0.39 is 17.9 Å². The summed E-state index contributed by atoms with van der Waals surface area (Å²) in [5, 5.41) is 0. The first-order chi connectivity index (χ1) is 6.58. The van der Waals surface area contributed by atoms with Gasteiger partial charge in [0.05, 0.1) is 13.7 Å². The van der Waals surface area contributed by atoms with E-state index in [1.807, 2.05) is 13.8 Å². The van der Waals surface area contributed by atoms with Crippen LogP contribution in [0.15, 0.2) is 0 Å². The Balaban J connectivity index is 4.54. The van der Waals surface area contributed by atoms with Crippen LogP contribution >= 0.6 is 0 Å². The molecule has 0 heterocycles. The number of carbonyl (C=O) groups excluding carboxylic acids is 2. The van der Waals surface area contributed by atoms with Crippen LogP contribution in [0, 0.1) is 11.8 Å². The molecule has 14 heavy (non-hydrogen) atoms. The second-order valence-corrected chi connectivity index (χ2v) is 3.14. The molecular formula is C10H18O4.